The molecule has 5 heteroatoms. The van der Waals surface area contributed by atoms with Gasteiger partial charge in [-0.25, -0.2) is 0 Å². The third-order valence-electron chi connectivity index (χ3n) is 3.12. The monoisotopic (exact) mass is 249 g/mol. The van der Waals surface area contributed by atoms with Gasteiger partial charge in [-0.2, -0.15) is 0 Å². The molecule has 0 bridgehead atoms. The minimum absolute atomic E-state index is 0.0878. The molecule has 0 aliphatic carbocycles. The Kier molecular flexibility index (Phi) is 3.50. The maximum Gasteiger partial charge on any atom is 0.308 e. The lowest BCUT2D eigenvalue weighted by atomic mass is 10.1. The standard InChI is InChI=1S/C13H15NO4/c1-18-11-5-3-2-4-9(11)7-14-8-10(13(16)17)6-12(14)15/h2-5,10H,6-8H2,1H3,(H,16,17). The number of carboxylic acid groups (broad SMARTS) is 1. The Labute approximate surface area is 105 Å². The van der Waals surface area contributed by atoms with Gasteiger partial charge < -0.3 is 14.7 Å². The van der Waals surface area contributed by atoms with E-state index in [2.05, 4.69) is 0 Å². The van der Waals surface area contributed by atoms with Crippen molar-refractivity contribution in [3.05, 3.63) is 29.8 Å². The molecule has 1 aliphatic rings. The van der Waals surface area contributed by atoms with Crippen LogP contribution in [0.1, 0.15) is 12.0 Å². The molecular weight excluding hydrogens is 234 g/mol. The summed E-state index contributed by atoms with van der Waals surface area (Å²) in [5, 5.41) is 8.91. The lowest BCUT2D eigenvalue weighted by Gasteiger charge is -2.17. The summed E-state index contributed by atoms with van der Waals surface area (Å²) < 4.78 is 5.21. The zero-order valence-corrected chi connectivity index (χ0v) is 10.1. The molecule has 0 saturated carbocycles. The number of benzene rings is 1. The van der Waals surface area contributed by atoms with Gasteiger partial charge in [0.15, 0.2) is 0 Å². The van der Waals surface area contributed by atoms with Crippen LogP contribution in [-0.2, 0) is 16.1 Å². The number of nitrogens with zero attached hydrogens (tertiary/aromatic N) is 1. The quantitative estimate of drug-likeness (QED) is 0.868. The van der Waals surface area contributed by atoms with E-state index >= 15 is 0 Å². The molecule has 1 amide bonds. The summed E-state index contributed by atoms with van der Waals surface area (Å²) in [5.74, 6) is -0.907. The van der Waals surface area contributed by atoms with Crippen molar-refractivity contribution in [2.45, 2.75) is 13.0 Å². The Morgan fingerprint density at radius 1 is 1.50 bits per heavy atom. The SMILES string of the molecule is COc1ccccc1CN1CC(C(=O)O)CC1=O. The Balaban J connectivity index is 2.10. The first-order valence-electron chi connectivity index (χ1n) is 5.74. The zero-order chi connectivity index (χ0) is 13.1. The van der Waals surface area contributed by atoms with Crippen LogP contribution in [-0.4, -0.2) is 35.5 Å². The van der Waals surface area contributed by atoms with E-state index in [-0.39, 0.29) is 18.9 Å². The topological polar surface area (TPSA) is 66.8 Å². The first-order valence-corrected chi connectivity index (χ1v) is 5.74. The van der Waals surface area contributed by atoms with Crippen LogP contribution in [0, 0.1) is 5.92 Å². The summed E-state index contributed by atoms with van der Waals surface area (Å²) in [5.41, 5.74) is 0.888. The molecule has 1 saturated heterocycles. The highest BCUT2D eigenvalue weighted by molar-refractivity contribution is 5.86. The average molecular weight is 249 g/mol. The number of ether oxygens (including phenoxy) is 1. The predicted octanol–water partition coefficient (Wildman–Crippen LogP) is 1.13. The number of aliphatic carboxylic acids is 1. The van der Waals surface area contributed by atoms with Crippen molar-refractivity contribution >= 4 is 11.9 Å². The second-order valence-electron chi connectivity index (χ2n) is 4.33. The molecule has 0 spiro atoms. The van der Waals surface area contributed by atoms with Gasteiger partial charge in [0, 0.05) is 25.1 Å². The normalized spacial score (nSPS) is 19.1. The first kappa shape index (κ1) is 12.4. The van der Waals surface area contributed by atoms with Crippen molar-refractivity contribution in [3.8, 4) is 5.75 Å². The number of carbonyl (C=O) groups is 2. The summed E-state index contributed by atoms with van der Waals surface area (Å²) in [4.78, 5) is 24.1. The summed E-state index contributed by atoms with van der Waals surface area (Å²) in [6.07, 6.45) is 0.0878. The molecule has 1 aromatic carbocycles. The van der Waals surface area contributed by atoms with E-state index in [0.29, 0.717) is 12.3 Å². The molecule has 2 rings (SSSR count). The van der Waals surface area contributed by atoms with Gasteiger partial charge >= 0.3 is 5.97 Å². The van der Waals surface area contributed by atoms with Crippen LogP contribution in [0.4, 0.5) is 0 Å². The summed E-state index contributed by atoms with van der Waals surface area (Å²) >= 11 is 0. The van der Waals surface area contributed by atoms with Crippen molar-refractivity contribution in [3.63, 3.8) is 0 Å². The van der Waals surface area contributed by atoms with Crippen LogP contribution in [0.5, 0.6) is 5.75 Å². The van der Waals surface area contributed by atoms with Crippen LogP contribution in [0.25, 0.3) is 0 Å². The Morgan fingerprint density at radius 2 is 2.22 bits per heavy atom. The Morgan fingerprint density at radius 3 is 2.83 bits per heavy atom. The number of likely N-dealkylation sites (tertiary alicyclic amines) is 1. The molecule has 96 valence electrons. The summed E-state index contributed by atoms with van der Waals surface area (Å²) in [7, 11) is 1.57. The molecule has 1 heterocycles. The third-order valence-corrected chi connectivity index (χ3v) is 3.12. The molecule has 1 unspecified atom stereocenters. The van der Waals surface area contributed by atoms with E-state index in [1.807, 2.05) is 24.3 Å². The molecular formula is C13H15NO4. The van der Waals surface area contributed by atoms with Gasteiger partial charge in [0.25, 0.3) is 0 Å². The maximum atomic E-state index is 11.7. The van der Waals surface area contributed by atoms with Gasteiger partial charge in [-0.05, 0) is 6.07 Å². The predicted molar refractivity (Wildman–Crippen MR) is 64.2 cm³/mol. The van der Waals surface area contributed by atoms with E-state index in [0.717, 1.165) is 5.56 Å². The summed E-state index contributed by atoms with van der Waals surface area (Å²) in [6, 6.07) is 7.42. The van der Waals surface area contributed by atoms with Crippen LogP contribution in [0.15, 0.2) is 24.3 Å². The molecule has 1 N–H and O–H groups in total. The maximum absolute atomic E-state index is 11.7. The number of para-hydroxylation sites is 1. The van der Waals surface area contributed by atoms with Crippen LogP contribution in [0.2, 0.25) is 0 Å². The highest BCUT2D eigenvalue weighted by Crippen LogP contribution is 2.24. The third kappa shape index (κ3) is 2.45. The number of rotatable bonds is 4. The molecule has 18 heavy (non-hydrogen) atoms. The zero-order valence-electron chi connectivity index (χ0n) is 10.1. The molecule has 1 aliphatic heterocycles. The second kappa shape index (κ2) is 5.08. The van der Waals surface area contributed by atoms with Gasteiger partial charge in [0.2, 0.25) is 5.91 Å². The largest absolute Gasteiger partial charge is 0.496 e. The van der Waals surface area contributed by atoms with E-state index < -0.39 is 11.9 Å². The van der Waals surface area contributed by atoms with E-state index in [9.17, 15) is 9.59 Å². The van der Waals surface area contributed by atoms with Gasteiger partial charge in [-0.15, -0.1) is 0 Å². The number of carbonyl (C=O) groups excluding carboxylic acids is 1. The summed E-state index contributed by atoms with van der Waals surface area (Å²) in [6.45, 7) is 0.666. The Hall–Kier alpha value is -2.04. The number of hydrogen-bond acceptors (Lipinski definition) is 3. The van der Waals surface area contributed by atoms with Crippen LogP contribution < -0.4 is 4.74 Å². The molecule has 5 nitrogen and oxygen atoms in total. The van der Waals surface area contributed by atoms with Crippen molar-refractivity contribution in [1.82, 2.24) is 4.90 Å². The Bertz CT molecular complexity index is 472. The van der Waals surface area contributed by atoms with Crippen molar-refractivity contribution in [1.29, 1.82) is 0 Å². The van der Waals surface area contributed by atoms with Gasteiger partial charge in [0.05, 0.1) is 13.0 Å². The highest BCUT2D eigenvalue weighted by Gasteiger charge is 2.34. The van der Waals surface area contributed by atoms with Crippen molar-refractivity contribution in [2.24, 2.45) is 5.92 Å². The smallest absolute Gasteiger partial charge is 0.308 e. The number of methoxy groups -OCH3 is 1. The lowest BCUT2D eigenvalue weighted by molar-refractivity contribution is -0.141. The van der Waals surface area contributed by atoms with Gasteiger partial charge in [-0.3, -0.25) is 9.59 Å². The fraction of sp³-hybridized carbons (Fsp3) is 0.385. The number of carboxylic acids is 1. The van der Waals surface area contributed by atoms with Crippen molar-refractivity contribution < 1.29 is 19.4 Å². The van der Waals surface area contributed by atoms with Gasteiger partial charge in [0.1, 0.15) is 5.75 Å². The minimum atomic E-state index is -0.911. The van der Waals surface area contributed by atoms with E-state index in [1.54, 1.807) is 12.0 Å². The van der Waals surface area contributed by atoms with Gasteiger partial charge in [-0.1, -0.05) is 18.2 Å². The molecule has 0 aromatic heterocycles. The number of hydrogen-bond donors (Lipinski definition) is 1. The van der Waals surface area contributed by atoms with Crippen LogP contribution >= 0.6 is 0 Å². The van der Waals surface area contributed by atoms with E-state index in [1.165, 1.54) is 0 Å². The highest BCUT2D eigenvalue weighted by atomic mass is 16.5. The minimum Gasteiger partial charge on any atom is -0.496 e. The fourth-order valence-electron chi connectivity index (χ4n) is 2.13. The molecule has 1 fully saturated rings. The first-order chi connectivity index (χ1) is 8.61. The fourth-order valence-corrected chi connectivity index (χ4v) is 2.13. The average Bonchev–Trinajstić information content (AvgIpc) is 2.72. The molecule has 1 aromatic rings. The second-order valence-corrected chi connectivity index (χ2v) is 4.33. The van der Waals surface area contributed by atoms with Crippen molar-refractivity contribution in [2.75, 3.05) is 13.7 Å². The molecule has 0 radical (unpaired) electrons. The van der Waals surface area contributed by atoms with Crippen LogP contribution in [0.3, 0.4) is 0 Å². The lowest BCUT2D eigenvalue weighted by Crippen LogP contribution is -2.25. The van der Waals surface area contributed by atoms with E-state index in [4.69, 9.17) is 9.84 Å². The molecule has 1 atom stereocenters. The number of amides is 1.